The molecule has 0 fully saturated rings. The molecule has 0 aromatic carbocycles. The lowest BCUT2D eigenvalue weighted by Crippen LogP contribution is -2.60. The lowest BCUT2D eigenvalue weighted by Gasteiger charge is -2.25. The molecule has 10 N–H and O–H groups in total. The van der Waals surface area contributed by atoms with E-state index < -0.39 is 78.7 Å². The van der Waals surface area contributed by atoms with Gasteiger partial charge >= 0.3 is 11.9 Å². The number of carbonyl (C=O) groups excluding carboxylic acids is 4. The molecule has 0 aliphatic heterocycles. The smallest absolute Gasteiger partial charge is 0.325 e. The molecule has 0 saturated carbocycles. The summed E-state index contributed by atoms with van der Waals surface area (Å²) in [6.45, 7) is 2.29. The van der Waals surface area contributed by atoms with Gasteiger partial charge in [-0.1, -0.05) is 0 Å². The quantitative estimate of drug-likeness (QED) is 0.151. The van der Waals surface area contributed by atoms with Crippen LogP contribution >= 0.6 is 0 Å². The van der Waals surface area contributed by atoms with Crippen LogP contribution < -0.4 is 27.4 Å². The van der Waals surface area contributed by atoms with Crippen LogP contribution in [0.15, 0.2) is 0 Å². The first-order valence-electron chi connectivity index (χ1n) is 8.33. The molecule has 0 aliphatic carbocycles. The molecule has 0 aromatic heterocycles. The molecule has 0 heterocycles. The average Bonchev–Trinajstić information content (AvgIpc) is 2.56. The SMILES string of the molecule is CC(NC(=O)C(NC(=O)C(CC(N)=O)NC(=O)C(N)CC(=O)O)C(C)O)C(=O)O. The zero-order chi connectivity index (χ0) is 22.9. The fourth-order valence-corrected chi connectivity index (χ4v) is 1.99. The van der Waals surface area contributed by atoms with Gasteiger partial charge in [-0.05, 0) is 13.8 Å². The maximum Gasteiger partial charge on any atom is 0.325 e. The zero-order valence-corrected chi connectivity index (χ0v) is 15.7. The van der Waals surface area contributed by atoms with Crippen molar-refractivity contribution in [3.63, 3.8) is 0 Å². The molecule has 14 nitrogen and oxygen atoms in total. The van der Waals surface area contributed by atoms with Crippen molar-refractivity contribution >= 4 is 35.6 Å². The molecular formula is C15H25N5O9. The van der Waals surface area contributed by atoms with Crippen LogP contribution in [-0.4, -0.2) is 81.2 Å². The Hall–Kier alpha value is -3.26. The van der Waals surface area contributed by atoms with E-state index in [0.29, 0.717) is 0 Å². The number of aliphatic carboxylic acids is 2. The number of aliphatic hydroxyl groups excluding tert-OH is 1. The second-order valence-corrected chi connectivity index (χ2v) is 6.23. The molecule has 0 bridgehead atoms. The summed E-state index contributed by atoms with van der Waals surface area (Å²) in [6.07, 6.45) is -2.93. The highest BCUT2D eigenvalue weighted by atomic mass is 16.4. The van der Waals surface area contributed by atoms with Crippen molar-refractivity contribution in [3.8, 4) is 0 Å². The van der Waals surface area contributed by atoms with Crippen LogP contribution in [0.25, 0.3) is 0 Å². The van der Waals surface area contributed by atoms with E-state index in [4.69, 9.17) is 21.7 Å². The molecule has 0 radical (unpaired) electrons. The maximum atomic E-state index is 12.4. The van der Waals surface area contributed by atoms with Gasteiger partial charge in [0.15, 0.2) is 0 Å². The average molecular weight is 419 g/mol. The summed E-state index contributed by atoms with van der Waals surface area (Å²) >= 11 is 0. The van der Waals surface area contributed by atoms with Crippen LogP contribution in [0.5, 0.6) is 0 Å². The van der Waals surface area contributed by atoms with Crippen LogP contribution in [0.3, 0.4) is 0 Å². The number of primary amides is 1. The molecule has 0 rings (SSSR count). The summed E-state index contributed by atoms with van der Waals surface area (Å²) in [6, 6.07) is -6.09. The van der Waals surface area contributed by atoms with Gasteiger partial charge in [0.05, 0.1) is 25.0 Å². The number of aliphatic hydroxyl groups is 1. The van der Waals surface area contributed by atoms with E-state index >= 15 is 0 Å². The van der Waals surface area contributed by atoms with Gasteiger partial charge in [0.25, 0.3) is 0 Å². The highest BCUT2D eigenvalue weighted by Gasteiger charge is 2.32. The first-order valence-corrected chi connectivity index (χ1v) is 8.33. The number of hydrogen-bond acceptors (Lipinski definition) is 8. The van der Waals surface area contributed by atoms with Crippen molar-refractivity contribution in [1.82, 2.24) is 16.0 Å². The monoisotopic (exact) mass is 419 g/mol. The van der Waals surface area contributed by atoms with Gasteiger partial charge in [-0.3, -0.25) is 28.8 Å². The Morgan fingerprint density at radius 3 is 1.83 bits per heavy atom. The van der Waals surface area contributed by atoms with Crippen LogP contribution in [-0.2, 0) is 28.8 Å². The number of nitrogens with one attached hydrogen (secondary N) is 3. The van der Waals surface area contributed by atoms with Crippen LogP contribution in [0.2, 0.25) is 0 Å². The molecule has 5 unspecified atom stereocenters. The molecule has 14 heteroatoms. The second-order valence-electron chi connectivity index (χ2n) is 6.23. The van der Waals surface area contributed by atoms with E-state index in [-0.39, 0.29) is 0 Å². The maximum absolute atomic E-state index is 12.4. The Morgan fingerprint density at radius 2 is 1.41 bits per heavy atom. The van der Waals surface area contributed by atoms with Crippen LogP contribution in [0.1, 0.15) is 26.7 Å². The van der Waals surface area contributed by atoms with E-state index in [2.05, 4.69) is 5.32 Å². The van der Waals surface area contributed by atoms with Crippen molar-refractivity contribution in [3.05, 3.63) is 0 Å². The molecule has 4 amide bonds. The van der Waals surface area contributed by atoms with Crippen molar-refractivity contribution in [2.45, 2.75) is 57.0 Å². The Balaban J connectivity index is 5.32. The summed E-state index contributed by atoms with van der Waals surface area (Å²) in [5.41, 5.74) is 10.4. The number of amides is 4. The second kappa shape index (κ2) is 11.6. The summed E-state index contributed by atoms with van der Waals surface area (Å²) in [7, 11) is 0. The van der Waals surface area contributed by atoms with Crippen molar-refractivity contribution < 1.29 is 44.1 Å². The Labute approximate surface area is 165 Å². The van der Waals surface area contributed by atoms with Crippen LogP contribution in [0.4, 0.5) is 0 Å². The van der Waals surface area contributed by atoms with Gasteiger partial charge in [-0.25, -0.2) is 0 Å². The zero-order valence-electron chi connectivity index (χ0n) is 15.7. The number of rotatable bonds is 12. The number of carboxylic acid groups (broad SMARTS) is 2. The molecular weight excluding hydrogens is 394 g/mol. The van der Waals surface area contributed by atoms with Crippen molar-refractivity contribution in [2.75, 3.05) is 0 Å². The Morgan fingerprint density at radius 1 is 0.862 bits per heavy atom. The topological polar surface area (TPSA) is 251 Å². The van der Waals surface area contributed by atoms with E-state index in [1.807, 2.05) is 10.6 Å². The molecule has 5 atom stereocenters. The van der Waals surface area contributed by atoms with Crippen LogP contribution in [0, 0.1) is 0 Å². The minimum absolute atomic E-state index is 0.711. The molecule has 0 spiro atoms. The Kier molecular flexibility index (Phi) is 10.3. The third-order valence-corrected chi connectivity index (χ3v) is 3.56. The minimum Gasteiger partial charge on any atom is -0.481 e. The first-order chi connectivity index (χ1) is 13.3. The number of nitrogens with two attached hydrogens (primary N) is 2. The molecule has 0 saturated heterocycles. The molecule has 0 aliphatic rings. The van der Waals surface area contributed by atoms with Crippen molar-refractivity contribution in [1.29, 1.82) is 0 Å². The summed E-state index contributed by atoms with van der Waals surface area (Å²) in [5, 5.41) is 33.4. The van der Waals surface area contributed by atoms with Gasteiger partial charge in [-0.2, -0.15) is 0 Å². The van der Waals surface area contributed by atoms with Crippen molar-refractivity contribution in [2.24, 2.45) is 11.5 Å². The van der Waals surface area contributed by atoms with Gasteiger partial charge in [0.1, 0.15) is 18.1 Å². The number of hydrogen-bond donors (Lipinski definition) is 8. The highest BCUT2D eigenvalue weighted by Crippen LogP contribution is 2.00. The van der Waals surface area contributed by atoms with Gasteiger partial charge in [-0.15, -0.1) is 0 Å². The van der Waals surface area contributed by atoms with Gasteiger partial charge in [0, 0.05) is 0 Å². The van der Waals surface area contributed by atoms with Gasteiger partial charge < -0.3 is 42.7 Å². The third kappa shape index (κ3) is 9.48. The highest BCUT2D eigenvalue weighted by molar-refractivity contribution is 5.96. The lowest BCUT2D eigenvalue weighted by molar-refractivity contribution is -0.142. The lowest BCUT2D eigenvalue weighted by atomic mass is 10.1. The minimum atomic E-state index is -1.62. The largest absolute Gasteiger partial charge is 0.481 e. The standard InChI is InChI=1S/C15H25N5O9/c1-5(15(28)29)18-14(27)11(6(2)21)20-13(26)8(4-9(17)22)19-12(25)7(16)3-10(23)24/h5-8,11,21H,3-4,16H2,1-2H3,(H2,17,22)(H,18,27)(H,19,25)(H,20,26)(H,23,24)(H,28,29). The fourth-order valence-electron chi connectivity index (χ4n) is 1.99. The third-order valence-electron chi connectivity index (χ3n) is 3.56. The normalized spacial score (nSPS) is 15.7. The predicted molar refractivity (Wildman–Crippen MR) is 94.8 cm³/mol. The van der Waals surface area contributed by atoms with E-state index in [9.17, 15) is 33.9 Å². The summed E-state index contributed by atoms with van der Waals surface area (Å²) in [4.78, 5) is 69.1. The molecule has 0 aromatic rings. The predicted octanol–water partition coefficient (Wildman–Crippen LogP) is -4.40. The Bertz CT molecular complexity index is 667. The summed E-state index contributed by atoms with van der Waals surface area (Å²) < 4.78 is 0. The van der Waals surface area contributed by atoms with E-state index in [0.717, 1.165) is 13.8 Å². The van der Waals surface area contributed by atoms with E-state index in [1.54, 1.807) is 0 Å². The van der Waals surface area contributed by atoms with E-state index in [1.165, 1.54) is 0 Å². The fraction of sp³-hybridized carbons (Fsp3) is 0.600. The van der Waals surface area contributed by atoms with Gasteiger partial charge in [0.2, 0.25) is 23.6 Å². The number of carbonyl (C=O) groups is 6. The molecule has 29 heavy (non-hydrogen) atoms. The molecule has 164 valence electrons. The first kappa shape index (κ1) is 25.7. The number of carboxylic acids is 2. The summed E-state index contributed by atoms with van der Waals surface area (Å²) in [5.74, 6) is -6.94.